The number of nitro groups is 1. The number of methoxy groups -OCH3 is 1. The molecule has 0 radical (unpaired) electrons. The molecular formula is C22H21N5O7S. The van der Waals surface area contributed by atoms with Gasteiger partial charge in [0.15, 0.2) is 0 Å². The minimum atomic E-state index is -3.99. The summed E-state index contributed by atoms with van der Waals surface area (Å²) in [4.78, 5) is 34.7. The number of carbonyl (C=O) groups is 2. The van der Waals surface area contributed by atoms with Crippen molar-refractivity contribution in [2.75, 3.05) is 23.7 Å². The van der Waals surface area contributed by atoms with E-state index in [1.807, 2.05) is 0 Å². The standard InChI is InChI=1S/C22H21N5O7S/c1-34-17-11-9-16(10-12-17)26-35(32,33)18-6-4-5-15(13-18)22(29)25-24-21(28)14-23-19-7-2-3-8-20(19)27(30)31/h2-13,23,26H,14H2,1H3,(H,24,28)(H,25,29). The number of sulfonamides is 1. The van der Waals surface area contributed by atoms with Gasteiger partial charge in [-0.05, 0) is 48.5 Å². The maximum Gasteiger partial charge on any atom is 0.292 e. The summed E-state index contributed by atoms with van der Waals surface area (Å²) in [6.45, 7) is -0.356. The van der Waals surface area contributed by atoms with Crippen molar-refractivity contribution in [2.24, 2.45) is 0 Å². The lowest BCUT2D eigenvalue weighted by Gasteiger charge is -2.11. The first-order valence-electron chi connectivity index (χ1n) is 10.0. The molecule has 0 saturated heterocycles. The first-order chi connectivity index (χ1) is 16.7. The summed E-state index contributed by atoms with van der Waals surface area (Å²) in [5.74, 6) is -0.877. The van der Waals surface area contributed by atoms with E-state index < -0.39 is 26.8 Å². The van der Waals surface area contributed by atoms with Crippen molar-refractivity contribution in [1.82, 2.24) is 10.9 Å². The van der Waals surface area contributed by atoms with Crippen LogP contribution in [0.25, 0.3) is 0 Å². The topological polar surface area (TPSA) is 169 Å². The van der Waals surface area contributed by atoms with E-state index >= 15 is 0 Å². The molecule has 0 aromatic heterocycles. The summed E-state index contributed by atoms with van der Waals surface area (Å²) in [5, 5.41) is 13.6. The van der Waals surface area contributed by atoms with E-state index in [1.54, 1.807) is 18.2 Å². The predicted octanol–water partition coefficient (Wildman–Crippen LogP) is 2.28. The van der Waals surface area contributed by atoms with E-state index in [1.165, 1.54) is 55.6 Å². The van der Waals surface area contributed by atoms with E-state index in [0.29, 0.717) is 11.4 Å². The van der Waals surface area contributed by atoms with Crippen molar-refractivity contribution in [3.8, 4) is 5.75 Å². The lowest BCUT2D eigenvalue weighted by molar-refractivity contribution is -0.383. The summed E-state index contributed by atoms with van der Waals surface area (Å²) in [7, 11) is -2.50. The van der Waals surface area contributed by atoms with Gasteiger partial charge >= 0.3 is 0 Å². The van der Waals surface area contributed by atoms with Crippen LogP contribution in [0.3, 0.4) is 0 Å². The van der Waals surface area contributed by atoms with E-state index in [0.717, 1.165) is 6.07 Å². The van der Waals surface area contributed by atoms with Crippen LogP contribution >= 0.6 is 0 Å². The minimum Gasteiger partial charge on any atom is -0.497 e. The quantitative estimate of drug-likeness (QED) is 0.257. The van der Waals surface area contributed by atoms with E-state index in [-0.39, 0.29) is 28.4 Å². The number of anilines is 2. The monoisotopic (exact) mass is 499 g/mol. The highest BCUT2D eigenvalue weighted by Gasteiger charge is 2.17. The fourth-order valence-corrected chi connectivity index (χ4v) is 3.98. The van der Waals surface area contributed by atoms with Gasteiger partial charge < -0.3 is 10.1 Å². The van der Waals surface area contributed by atoms with Gasteiger partial charge in [-0.2, -0.15) is 0 Å². The van der Waals surface area contributed by atoms with Crippen LogP contribution in [0, 0.1) is 10.1 Å². The van der Waals surface area contributed by atoms with Crippen LogP contribution in [0.2, 0.25) is 0 Å². The molecule has 0 spiro atoms. The Hall–Kier alpha value is -4.65. The molecule has 13 heteroatoms. The molecule has 0 bridgehead atoms. The van der Waals surface area contributed by atoms with Gasteiger partial charge in [0.25, 0.3) is 27.5 Å². The number of hydrazine groups is 1. The Labute approximate surface area is 200 Å². The van der Waals surface area contributed by atoms with Crippen LogP contribution in [0.1, 0.15) is 10.4 Å². The van der Waals surface area contributed by atoms with Crippen LogP contribution in [-0.2, 0) is 14.8 Å². The molecule has 182 valence electrons. The third-order valence-electron chi connectivity index (χ3n) is 4.60. The van der Waals surface area contributed by atoms with Crippen LogP contribution < -0.4 is 25.6 Å². The number of ether oxygens (including phenoxy) is 1. The Morgan fingerprint density at radius 3 is 2.37 bits per heavy atom. The molecule has 0 aliphatic carbocycles. The lowest BCUT2D eigenvalue weighted by atomic mass is 10.2. The van der Waals surface area contributed by atoms with Crippen molar-refractivity contribution in [2.45, 2.75) is 4.90 Å². The van der Waals surface area contributed by atoms with Crippen molar-refractivity contribution < 1.29 is 27.7 Å². The average Bonchev–Trinajstić information content (AvgIpc) is 2.86. The molecule has 4 N–H and O–H groups in total. The Morgan fingerprint density at radius 1 is 0.971 bits per heavy atom. The highest BCUT2D eigenvalue weighted by atomic mass is 32.2. The summed E-state index contributed by atoms with van der Waals surface area (Å²) in [5.41, 5.74) is 4.56. The summed E-state index contributed by atoms with van der Waals surface area (Å²) in [6.07, 6.45) is 0. The zero-order valence-corrected chi connectivity index (χ0v) is 19.2. The fourth-order valence-electron chi connectivity index (χ4n) is 2.88. The second-order valence-corrected chi connectivity index (χ2v) is 8.67. The maximum atomic E-state index is 12.7. The Balaban J connectivity index is 1.59. The highest BCUT2D eigenvalue weighted by molar-refractivity contribution is 7.92. The third kappa shape index (κ3) is 6.68. The average molecular weight is 500 g/mol. The molecule has 12 nitrogen and oxygen atoms in total. The van der Waals surface area contributed by atoms with Crippen LogP contribution in [-0.4, -0.2) is 38.8 Å². The minimum absolute atomic E-state index is 0.0189. The summed E-state index contributed by atoms with van der Waals surface area (Å²) in [6, 6.07) is 17.3. The van der Waals surface area contributed by atoms with Gasteiger partial charge in [-0.25, -0.2) is 8.42 Å². The smallest absolute Gasteiger partial charge is 0.292 e. The van der Waals surface area contributed by atoms with Crippen LogP contribution in [0.5, 0.6) is 5.75 Å². The molecule has 3 aromatic carbocycles. The number of rotatable bonds is 9. The van der Waals surface area contributed by atoms with Gasteiger partial charge in [-0.15, -0.1) is 0 Å². The molecule has 0 aliphatic heterocycles. The van der Waals surface area contributed by atoms with E-state index in [4.69, 9.17) is 4.74 Å². The number of hydrogen-bond donors (Lipinski definition) is 4. The Kier molecular flexibility index (Phi) is 7.84. The molecule has 35 heavy (non-hydrogen) atoms. The number of carbonyl (C=O) groups excluding carboxylic acids is 2. The lowest BCUT2D eigenvalue weighted by Crippen LogP contribution is -2.44. The zero-order chi connectivity index (χ0) is 25.4. The molecule has 0 unspecified atom stereocenters. The predicted molar refractivity (Wildman–Crippen MR) is 127 cm³/mol. The summed E-state index contributed by atoms with van der Waals surface area (Å²) >= 11 is 0. The molecule has 0 atom stereocenters. The van der Waals surface area contributed by atoms with Crippen molar-refractivity contribution in [3.05, 3.63) is 88.5 Å². The van der Waals surface area contributed by atoms with Gasteiger partial charge in [0, 0.05) is 17.3 Å². The molecular weight excluding hydrogens is 478 g/mol. The highest BCUT2D eigenvalue weighted by Crippen LogP contribution is 2.23. The Morgan fingerprint density at radius 2 is 1.69 bits per heavy atom. The molecule has 2 amide bonds. The maximum absolute atomic E-state index is 12.7. The number of nitro benzene ring substituents is 1. The van der Waals surface area contributed by atoms with Gasteiger partial charge in [0.05, 0.1) is 23.5 Å². The van der Waals surface area contributed by atoms with Crippen LogP contribution in [0.4, 0.5) is 17.1 Å². The van der Waals surface area contributed by atoms with Crippen molar-refractivity contribution in [3.63, 3.8) is 0 Å². The number of nitrogens with one attached hydrogen (secondary N) is 4. The van der Waals surface area contributed by atoms with Gasteiger partial charge in [-0.1, -0.05) is 18.2 Å². The third-order valence-corrected chi connectivity index (χ3v) is 5.98. The van der Waals surface area contributed by atoms with E-state index in [2.05, 4.69) is 20.9 Å². The first kappa shape index (κ1) is 25.0. The largest absolute Gasteiger partial charge is 0.497 e. The number of amides is 2. The van der Waals surface area contributed by atoms with Gasteiger partial charge in [0.1, 0.15) is 11.4 Å². The Bertz CT molecular complexity index is 1340. The molecule has 0 saturated carbocycles. The molecule has 3 aromatic rings. The molecule has 0 fully saturated rings. The number of benzene rings is 3. The first-order valence-corrected chi connectivity index (χ1v) is 11.5. The normalized spacial score (nSPS) is 10.7. The number of para-hydroxylation sites is 2. The molecule has 0 aliphatic rings. The molecule has 0 heterocycles. The van der Waals surface area contributed by atoms with Crippen LogP contribution in [0.15, 0.2) is 77.7 Å². The summed E-state index contributed by atoms with van der Waals surface area (Å²) < 4.78 is 32.8. The molecule has 3 rings (SSSR count). The van der Waals surface area contributed by atoms with Crippen molar-refractivity contribution >= 4 is 38.9 Å². The number of hydrogen-bond acceptors (Lipinski definition) is 8. The number of nitrogens with zero attached hydrogens (tertiary/aromatic N) is 1. The second kappa shape index (κ2) is 11.0. The van der Waals surface area contributed by atoms with E-state index in [9.17, 15) is 28.1 Å². The van der Waals surface area contributed by atoms with Gasteiger partial charge in [0.2, 0.25) is 0 Å². The second-order valence-electron chi connectivity index (χ2n) is 6.99. The van der Waals surface area contributed by atoms with Gasteiger partial charge in [-0.3, -0.25) is 35.3 Å². The zero-order valence-electron chi connectivity index (χ0n) is 18.3. The fraction of sp³-hybridized carbons (Fsp3) is 0.0909. The SMILES string of the molecule is COc1ccc(NS(=O)(=O)c2cccc(C(=O)NNC(=O)CNc3ccccc3[N+](=O)[O-])c2)cc1. The van der Waals surface area contributed by atoms with Crippen molar-refractivity contribution in [1.29, 1.82) is 0 Å².